The van der Waals surface area contributed by atoms with Gasteiger partial charge in [0, 0.05) is 17.6 Å². The van der Waals surface area contributed by atoms with Crippen LogP contribution in [0.15, 0.2) is 24.3 Å². The highest BCUT2D eigenvalue weighted by Gasteiger charge is 2.72. The Morgan fingerprint density at radius 1 is 1.00 bits per heavy atom. The summed E-state index contributed by atoms with van der Waals surface area (Å²) in [5.41, 5.74) is -5.11. The molecule has 0 atom stereocenters. The predicted octanol–water partition coefficient (Wildman–Crippen LogP) is 3.71. The van der Waals surface area contributed by atoms with E-state index in [-0.39, 0.29) is 5.02 Å². The number of carbonyl (C=O) groups is 1. The normalized spacial score (nSPS) is 13.0. The second kappa shape index (κ2) is 5.63. The lowest BCUT2D eigenvalue weighted by Gasteiger charge is -2.38. The van der Waals surface area contributed by atoms with Gasteiger partial charge in [-0.25, -0.2) is 0 Å². The molecule has 3 nitrogen and oxygen atoms in total. The van der Waals surface area contributed by atoms with Gasteiger partial charge in [0.05, 0.1) is 0 Å². The third-order valence-electron chi connectivity index (χ3n) is 2.39. The third-order valence-corrected chi connectivity index (χ3v) is 2.64. The molecule has 0 heterocycles. The van der Waals surface area contributed by atoms with Gasteiger partial charge in [-0.2, -0.15) is 26.3 Å². The Hall–Kier alpha value is -1.64. The van der Waals surface area contributed by atoms with E-state index in [1.807, 2.05) is 0 Å². The van der Waals surface area contributed by atoms with Crippen molar-refractivity contribution >= 4 is 23.2 Å². The van der Waals surface area contributed by atoms with Crippen molar-refractivity contribution in [2.24, 2.45) is 0 Å². The van der Waals surface area contributed by atoms with E-state index in [2.05, 4.69) is 0 Å². The number of rotatable bonds is 3. The fourth-order valence-electron chi connectivity index (χ4n) is 1.49. The van der Waals surface area contributed by atoms with Crippen LogP contribution >= 0.6 is 11.6 Å². The van der Waals surface area contributed by atoms with Crippen LogP contribution in [-0.2, 0) is 4.79 Å². The summed E-state index contributed by atoms with van der Waals surface area (Å²) in [6, 6.07) is 4.07. The fourth-order valence-corrected chi connectivity index (χ4v) is 1.62. The monoisotopic (exact) mass is 334 g/mol. The predicted molar refractivity (Wildman–Crippen MR) is 63.7 cm³/mol. The first-order valence-corrected chi connectivity index (χ1v) is 5.73. The molecule has 1 aromatic carbocycles. The molecule has 0 fully saturated rings. The highest BCUT2D eigenvalue weighted by Crippen LogP contribution is 2.43. The van der Waals surface area contributed by atoms with E-state index in [4.69, 9.17) is 11.6 Å². The summed E-state index contributed by atoms with van der Waals surface area (Å²) in [6.07, 6.45) is -11.6. The molecule has 21 heavy (non-hydrogen) atoms. The topological polar surface area (TPSA) is 41.1 Å². The molecule has 0 radical (unpaired) electrons. The van der Waals surface area contributed by atoms with Crippen LogP contribution in [0.1, 0.15) is 6.92 Å². The lowest BCUT2D eigenvalue weighted by molar-refractivity contribution is -0.295. The highest BCUT2D eigenvalue weighted by molar-refractivity contribution is 6.30. The lowest BCUT2D eigenvalue weighted by Crippen LogP contribution is -2.71. The Bertz CT molecular complexity index is 497. The summed E-state index contributed by atoms with van der Waals surface area (Å²) >= 11 is 5.51. The number of anilines is 1. The van der Waals surface area contributed by atoms with Crippen molar-refractivity contribution in [3.05, 3.63) is 29.3 Å². The largest absolute Gasteiger partial charge is 0.439 e. The smallest absolute Gasteiger partial charge is 0.348 e. The quantitative estimate of drug-likeness (QED) is 0.653. The Balaban J connectivity index is 3.35. The number of halogens is 7. The van der Waals surface area contributed by atoms with Crippen LogP contribution in [0.2, 0.25) is 5.02 Å². The number of nitrogens with one attached hydrogen (secondary N) is 2. The van der Waals surface area contributed by atoms with Crippen molar-refractivity contribution in [3.8, 4) is 0 Å². The van der Waals surface area contributed by atoms with Gasteiger partial charge in [-0.15, -0.1) is 0 Å². The first kappa shape index (κ1) is 17.4. The summed E-state index contributed by atoms with van der Waals surface area (Å²) in [5.74, 6) is -1.49. The average molecular weight is 335 g/mol. The van der Waals surface area contributed by atoms with Gasteiger partial charge in [0.2, 0.25) is 5.91 Å². The first-order chi connectivity index (χ1) is 9.39. The Labute approximate surface area is 120 Å². The van der Waals surface area contributed by atoms with Crippen molar-refractivity contribution in [2.75, 3.05) is 5.32 Å². The molecule has 1 amide bonds. The van der Waals surface area contributed by atoms with Crippen LogP contribution in [0, 0.1) is 0 Å². The molecule has 0 aliphatic rings. The van der Waals surface area contributed by atoms with E-state index in [1.54, 1.807) is 0 Å². The fraction of sp³-hybridized carbons (Fsp3) is 0.364. The van der Waals surface area contributed by atoms with Crippen LogP contribution in [0.25, 0.3) is 0 Å². The van der Waals surface area contributed by atoms with Gasteiger partial charge in [-0.3, -0.25) is 4.79 Å². The summed E-state index contributed by atoms with van der Waals surface area (Å²) in [6.45, 7) is 0.551. The minimum atomic E-state index is -5.82. The van der Waals surface area contributed by atoms with Crippen LogP contribution in [0.5, 0.6) is 0 Å². The maximum atomic E-state index is 13.0. The van der Waals surface area contributed by atoms with E-state index in [9.17, 15) is 31.1 Å². The molecule has 1 aromatic rings. The molecule has 118 valence electrons. The van der Waals surface area contributed by atoms with E-state index in [0.29, 0.717) is 6.92 Å². The van der Waals surface area contributed by atoms with Crippen molar-refractivity contribution in [1.29, 1.82) is 0 Å². The summed E-state index contributed by atoms with van der Waals surface area (Å²) in [5, 5.41) is 2.32. The zero-order chi connectivity index (χ0) is 16.5. The highest BCUT2D eigenvalue weighted by atomic mass is 35.5. The molecule has 0 spiro atoms. The van der Waals surface area contributed by atoms with Gasteiger partial charge in [0.25, 0.3) is 0 Å². The van der Waals surface area contributed by atoms with Crippen LogP contribution in [0.3, 0.4) is 0 Å². The Morgan fingerprint density at radius 3 is 1.76 bits per heavy atom. The number of amides is 1. The standard InChI is InChI=1S/C11H9ClF6N2O/c1-6(21)19-9(10(13,14)15,11(16,17)18)20-8-4-2-7(12)3-5-8/h2-5,20H,1H3,(H,19,21). The van der Waals surface area contributed by atoms with Crippen molar-refractivity contribution < 1.29 is 31.1 Å². The summed E-state index contributed by atoms with van der Waals surface area (Å²) < 4.78 is 77.8. The van der Waals surface area contributed by atoms with Crippen LogP contribution in [0.4, 0.5) is 32.0 Å². The van der Waals surface area contributed by atoms with Gasteiger partial charge in [-0.05, 0) is 24.3 Å². The number of alkyl halides is 6. The van der Waals surface area contributed by atoms with Crippen molar-refractivity contribution in [2.45, 2.75) is 24.9 Å². The molecule has 0 unspecified atom stereocenters. The molecule has 0 bridgehead atoms. The maximum Gasteiger partial charge on any atom is 0.439 e. The molecule has 0 aromatic heterocycles. The van der Waals surface area contributed by atoms with E-state index in [0.717, 1.165) is 29.6 Å². The van der Waals surface area contributed by atoms with Crippen molar-refractivity contribution in [1.82, 2.24) is 5.32 Å². The second-order valence-corrected chi connectivity index (χ2v) is 4.50. The van der Waals surface area contributed by atoms with Crippen molar-refractivity contribution in [3.63, 3.8) is 0 Å². The molecular formula is C11H9ClF6N2O. The van der Waals surface area contributed by atoms with Gasteiger partial charge in [0.15, 0.2) is 0 Å². The average Bonchev–Trinajstić information content (AvgIpc) is 2.27. The Morgan fingerprint density at radius 2 is 1.43 bits per heavy atom. The van der Waals surface area contributed by atoms with Crippen LogP contribution < -0.4 is 10.6 Å². The lowest BCUT2D eigenvalue weighted by atomic mass is 10.1. The molecule has 10 heteroatoms. The summed E-state index contributed by atoms with van der Waals surface area (Å²) in [4.78, 5) is 10.8. The summed E-state index contributed by atoms with van der Waals surface area (Å²) in [7, 11) is 0. The zero-order valence-electron chi connectivity index (χ0n) is 10.4. The van der Waals surface area contributed by atoms with Gasteiger partial charge < -0.3 is 10.6 Å². The molecule has 2 N–H and O–H groups in total. The first-order valence-electron chi connectivity index (χ1n) is 5.35. The zero-order valence-corrected chi connectivity index (χ0v) is 11.1. The van der Waals surface area contributed by atoms with Crippen LogP contribution in [-0.4, -0.2) is 23.9 Å². The SMILES string of the molecule is CC(=O)NC(Nc1ccc(Cl)cc1)(C(F)(F)F)C(F)(F)F. The molecule has 0 saturated heterocycles. The molecule has 0 aliphatic heterocycles. The number of hydrogen-bond donors (Lipinski definition) is 2. The van der Waals surface area contributed by atoms with Gasteiger partial charge in [0.1, 0.15) is 0 Å². The minimum Gasteiger partial charge on any atom is -0.348 e. The molecule has 0 saturated carbocycles. The minimum absolute atomic E-state index is 0.129. The molecule has 0 aliphatic carbocycles. The second-order valence-electron chi connectivity index (χ2n) is 4.06. The number of benzene rings is 1. The number of hydrogen-bond acceptors (Lipinski definition) is 2. The van der Waals surface area contributed by atoms with Gasteiger partial charge >= 0.3 is 18.0 Å². The number of carbonyl (C=O) groups excluding carboxylic acids is 1. The van der Waals surface area contributed by atoms with E-state index < -0.39 is 29.6 Å². The Kier molecular flexibility index (Phi) is 4.66. The van der Waals surface area contributed by atoms with Gasteiger partial charge in [-0.1, -0.05) is 11.6 Å². The molecule has 1 rings (SSSR count). The third kappa shape index (κ3) is 3.72. The maximum absolute atomic E-state index is 13.0. The molecular weight excluding hydrogens is 326 g/mol. The van der Waals surface area contributed by atoms with E-state index in [1.165, 1.54) is 5.32 Å². The van der Waals surface area contributed by atoms with E-state index >= 15 is 0 Å².